The topological polar surface area (TPSA) is 9.23 Å². The molecule has 1 radical (unpaired) electrons. The molecule has 3 rings (SSSR count). The van der Waals surface area contributed by atoms with Crippen LogP contribution in [0.1, 0.15) is 5.56 Å². The van der Waals surface area contributed by atoms with Crippen LogP contribution in [0.2, 0.25) is 0 Å². The first-order valence-corrected chi connectivity index (χ1v) is 6.89. The first kappa shape index (κ1) is 12.2. The van der Waals surface area contributed by atoms with E-state index in [1.54, 1.807) is 0 Å². The highest BCUT2D eigenvalue weighted by Gasteiger charge is 2.00. The summed E-state index contributed by atoms with van der Waals surface area (Å²) in [5, 5.41) is 2.22. The van der Waals surface area contributed by atoms with Crippen molar-refractivity contribution < 1.29 is 4.74 Å². The van der Waals surface area contributed by atoms with E-state index >= 15 is 0 Å². The molecule has 0 spiro atoms. The summed E-state index contributed by atoms with van der Waals surface area (Å²) < 4.78 is 6.84. The van der Waals surface area contributed by atoms with E-state index in [1.807, 2.05) is 36.4 Å². The van der Waals surface area contributed by atoms with Crippen LogP contribution in [0.3, 0.4) is 0 Å². The highest BCUT2D eigenvalue weighted by molar-refractivity contribution is 9.10. The van der Waals surface area contributed by atoms with Crippen LogP contribution in [0.5, 0.6) is 5.75 Å². The molecule has 0 atom stereocenters. The fraction of sp³-hybridized carbons (Fsp3) is 0.0588. The molecule has 3 aromatic carbocycles. The monoisotopic (exact) mass is 311 g/mol. The summed E-state index contributed by atoms with van der Waals surface area (Å²) in [5.74, 6) is 0.777. The summed E-state index contributed by atoms with van der Waals surface area (Å²) in [6, 6.07) is 23.6. The van der Waals surface area contributed by atoms with Gasteiger partial charge in [-0.3, -0.25) is 0 Å². The van der Waals surface area contributed by atoms with Crippen LogP contribution in [0.15, 0.2) is 65.1 Å². The van der Waals surface area contributed by atoms with Gasteiger partial charge in [-0.15, -0.1) is 0 Å². The fourth-order valence-electron chi connectivity index (χ4n) is 1.94. The summed E-state index contributed by atoms with van der Waals surface area (Å²) in [7, 11) is 0. The highest BCUT2D eigenvalue weighted by Crippen LogP contribution is 2.23. The van der Waals surface area contributed by atoms with Crippen molar-refractivity contribution in [2.24, 2.45) is 0 Å². The van der Waals surface area contributed by atoms with Gasteiger partial charge in [-0.25, -0.2) is 0 Å². The van der Waals surface area contributed by atoms with Crippen LogP contribution < -0.4 is 4.74 Å². The van der Waals surface area contributed by atoms with E-state index in [4.69, 9.17) is 4.74 Å². The third kappa shape index (κ3) is 2.96. The Hall–Kier alpha value is -1.80. The van der Waals surface area contributed by atoms with Crippen LogP contribution in [-0.2, 0) is 6.61 Å². The molecule has 1 nitrogen and oxygen atoms in total. The van der Waals surface area contributed by atoms with Crippen molar-refractivity contribution in [2.45, 2.75) is 6.61 Å². The van der Waals surface area contributed by atoms with Gasteiger partial charge < -0.3 is 4.74 Å². The zero-order chi connectivity index (χ0) is 13.1. The standard InChI is InChI=1S/C17H12BrO/c18-16-8-6-15-11-17(9-7-14(15)10-16)19-12-13-4-2-1-3-5-13/h1-10H,12H2. The molecule has 0 fully saturated rings. The Bertz CT molecular complexity index is 692. The number of fused-ring (bicyclic) bond motifs is 1. The predicted octanol–water partition coefficient (Wildman–Crippen LogP) is 4.98. The molecular weight excluding hydrogens is 300 g/mol. The largest absolute Gasteiger partial charge is 0.488 e. The molecule has 93 valence electrons. The second kappa shape index (κ2) is 5.45. The van der Waals surface area contributed by atoms with Crippen molar-refractivity contribution in [3.8, 4) is 5.75 Å². The minimum absolute atomic E-state index is 0.569. The molecule has 0 saturated carbocycles. The van der Waals surface area contributed by atoms with Crippen molar-refractivity contribution in [3.05, 3.63) is 76.8 Å². The maximum atomic E-state index is 5.76. The van der Waals surface area contributed by atoms with Crippen LogP contribution in [0, 0.1) is 6.07 Å². The van der Waals surface area contributed by atoms with Gasteiger partial charge in [0.2, 0.25) is 0 Å². The smallest absolute Gasteiger partial charge is 0.128 e. The molecule has 0 aromatic heterocycles. The van der Waals surface area contributed by atoms with Crippen molar-refractivity contribution in [1.82, 2.24) is 0 Å². The van der Waals surface area contributed by atoms with Gasteiger partial charge in [0, 0.05) is 10.5 Å². The third-order valence-electron chi connectivity index (χ3n) is 2.92. The minimum atomic E-state index is 0.569. The third-order valence-corrected chi connectivity index (χ3v) is 3.42. The van der Waals surface area contributed by atoms with Crippen LogP contribution in [0.4, 0.5) is 0 Å². The number of hydrogen-bond acceptors (Lipinski definition) is 1. The maximum Gasteiger partial charge on any atom is 0.128 e. The second-order valence-electron chi connectivity index (χ2n) is 4.33. The summed E-state index contributed by atoms with van der Waals surface area (Å²) in [4.78, 5) is 0. The lowest BCUT2D eigenvalue weighted by Crippen LogP contribution is -1.94. The molecule has 0 bridgehead atoms. The van der Waals surface area contributed by atoms with Crippen LogP contribution in [0.25, 0.3) is 10.8 Å². The number of halogens is 1. The zero-order valence-corrected chi connectivity index (χ0v) is 11.9. The van der Waals surface area contributed by atoms with E-state index in [-0.39, 0.29) is 0 Å². The van der Waals surface area contributed by atoms with E-state index in [9.17, 15) is 0 Å². The lowest BCUT2D eigenvalue weighted by molar-refractivity contribution is 0.306. The zero-order valence-electron chi connectivity index (χ0n) is 10.3. The highest BCUT2D eigenvalue weighted by atomic mass is 79.9. The van der Waals surface area contributed by atoms with Gasteiger partial charge >= 0.3 is 0 Å². The summed E-state index contributed by atoms with van der Waals surface area (Å²) in [5.41, 5.74) is 1.16. The molecule has 0 unspecified atom stereocenters. The lowest BCUT2D eigenvalue weighted by Gasteiger charge is -2.07. The van der Waals surface area contributed by atoms with Gasteiger partial charge in [-0.05, 0) is 34.5 Å². The van der Waals surface area contributed by atoms with E-state index in [0.29, 0.717) is 6.61 Å². The molecule has 19 heavy (non-hydrogen) atoms. The van der Waals surface area contributed by atoms with E-state index in [1.165, 1.54) is 0 Å². The fourth-order valence-corrected chi connectivity index (χ4v) is 2.32. The molecule has 0 aliphatic heterocycles. The van der Waals surface area contributed by atoms with E-state index in [0.717, 1.165) is 26.6 Å². The summed E-state index contributed by atoms with van der Waals surface area (Å²) in [6.45, 7) is 0.569. The Morgan fingerprint density at radius 2 is 1.79 bits per heavy atom. The van der Waals surface area contributed by atoms with Crippen molar-refractivity contribution in [3.63, 3.8) is 0 Å². The Balaban J connectivity index is 1.80. The van der Waals surface area contributed by atoms with Crippen LogP contribution >= 0.6 is 15.9 Å². The Morgan fingerprint density at radius 3 is 2.63 bits per heavy atom. The first-order valence-electron chi connectivity index (χ1n) is 6.09. The Morgan fingerprint density at radius 1 is 0.947 bits per heavy atom. The SMILES string of the molecule is Brc1ccc2[c]c(OCc3ccccc3)ccc2c1. The van der Waals surface area contributed by atoms with Crippen molar-refractivity contribution >= 4 is 26.7 Å². The molecule has 0 aliphatic carbocycles. The maximum absolute atomic E-state index is 5.76. The normalized spacial score (nSPS) is 10.6. The van der Waals surface area contributed by atoms with E-state index < -0.39 is 0 Å². The van der Waals surface area contributed by atoms with Crippen LogP contribution in [-0.4, -0.2) is 0 Å². The van der Waals surface area contributed by atoms with Gasteiger partial charge in [-0.1, -0.05) is 58.4 Å². The first-order chi connectivity index (χ1) is 9.31. The van der Waals surface area contributed by atoms with Gasteiger partial charge in [0.1, 0.15) is 12.4 Å². The Kier molecular flexibility index (Phi) is 3.51. The average molecular weight is 312 g/mol. The number of rotatable bonds is 3. The molecule has 0 aliphatic rings. The lowest BCUT2D eigenvalue weighted by atomic mass is 10.1. The molecule has 0 amide bonds. The minimum Gasteiger partial charge on any atom is -0.488 e. The van der Waals surface area contributed by atoms with E-state index in [2.05, 4.69) is 46.3 Å². The van der Waals surface area contributed by atoms with Crippen molar-refractivity contribution in [2.75, 3.05) is 0 Å². The molecule has 0 saturated heterocycles. The average Bonchev–Trinajstić information content (AvgIpc) is 2.46. The molecule has 0 N–H and O–H groups in total. The second-order valence-corrected chi connectivity index (χ2v) is 5.24. The van der Waals surface area contributed by atoms with Gasteiger partial charge in [-0.2, -0.15) is 0 Å². The van der Waals surface area contributed by atoms with Gasteiger partial charge in [0.15, 0.2) is 0 Å². The number of benzene rings is 3. The number of ether oxygens (including phenoxy) is 1. The Labute approximate surface area is 121 Å². The summed E-state index contributed by atoms with van der Waals surface area (Å²) >= 11 is 3.47. The quantitative estimate of drug-likeness (QED) is 0.662. The predicted molar refractivity (Wildman–Crippen MR) is 81.3 cm³/mol. The van der Waals surface area contributed by atoms with Gasteiger partial charge in [0.05, 0.1) is 0 Å². The number of hydrogen-bond donors (Lipinski definition) is 0. The molecule has 2 heteroatoms. The molecular formula is C17H12BrO. The molecule has 3 aromatic rings. The summed E-state index contributed by atoms with van der Waals surface area (Å²) in [6.07, 6.45) is 0. The molecule has 0 heterocycles. The van der Waals surface area contributed by atoms with Crippen molar-refractivity contribution in [1.29, 1.82) is 0 Å². The van der Waals surface area contributed by atoms with Gasteiger partial charge in [0.25, 0.3) is 0 Å².